The summed E-state index contributed by atoms with van der Waals surface area (Å²) in [6, 6.07) is 13.5. The van der Waals surface area contributed by atoms with Crippen molar-refractivity contribution in [3.8, 4) is 17.0 Å². The quantitative estimate of drug-likeness (QED) is 0.239. The molecule has 2 heterocycles. The van der Waals surface area contributed by atoms with Gasteiger partial charge in [-0.05, 0) is 43.7 Å². The van der Waals surface area contributed by atoms with E-state index in [9.17, 15) is 4.79 Å². The van der Waals surface area contributed by atoms with Gasteiger partial charge in [0.25, 0.3) is 0 Å². The van der Waals surface area contributed by atoms with Gasteiger partial charge in [0.2, 0.25) is 5.91 Å². The Kier molecular flexibility index (Phi) is 7.92. The number of nitrogens with zero attached hydrogens (tertiary/aromatic N) is 4. The number of nitrogens with one attached hydrogen (secondary N) is 1. The highest BCUT2D eigenvalue weighted by Crippen LogP contribution is 2.30. The maximum atomic E-state index is 12.5. The van der Waals surface area contributed by atoms with Crippen LogP contribution in [0.15, 0.2) is 57.5 Å². The zero-order chi connectivity index (χ0) is 24.2. The third-order valence-corrected chi connectivity index (χ3v) is 7.46. The second kappa shape index (κ2) is 10.9. The van der Waals surface area contributed by atoms with Crippen LogP contribution < -0.4 is 10.1 Å². The van der Waals surface area contributed by atoms with Crippen molar-refractivity contribution >= 4 is 61.7 Å². The van der Waals surface area contributed by atoms with Crippen LogP contribution >= 0.6 is 50.6 Å². The third kappa shape index (κ3) is 5.99. The molecular weight excluding hydrogens is 558 g/mol. The molecule has 0 aliphatic heterocycles. The molecule has 7 nitrogen and oxygen atoms in total. The topological polar surface area (TPSA) is 81.9 Å². The molecule has 0 aliphatic rings. The summed E-state index contributed by atoms with van der Waals surface area (Å²) in [6.07, 6.45) is -0.368. The first-order valence-corrected chi connectivity index (χ1v) is 13.3. The van der Waals surface area contributed by atoms with Crippen LogP contribution in [0.1, 0.15) is 24.4 Å². The van der Waals surface area contributed by atoms with Crippen LogP contribution in [-0.4, -0.2) is 31.4 Å². The summed E-state index contributed by atoms with van der Waals surface area (Å²) in [5, 5.41) is 14.9. The van der Waals surface area contributed by atoms with E-state index in [0.29, 0.717) is 26.9 Å². The van der Waals surface area contributed by atoms with Crippen molar-refractivity contribution in [3.63, 3.8) is 0 Å². The average Bonchev–Trinajstić information content (AvgIpc) is 3.42. The summed E-state index contributed by atoms with van der Waals surface area (Å²) in [5.74, 6) is 1.25. The molecule has 4 rings (SSSR count). The molecule has 2 aromatic carbocycles. The molecule has 1 atom stereocenters. The van der Waals surface area contributed by atoms with E-state index < -0.39 is 0 Å². The van der Waals surface area contributed by atoms with Crippen molar-refractivity contribution in [3.05, 3.63) is 68.7 Å². The van der Waals surface area contributed by atoms with Crippen LogP contribution in [0.5, 0.6) is 5.75 Å². The van der Waals surface area contributed by atoms with Gasteiger partial charge in [-0.1, -0.05) is 57.5 Å². The lowest BCUT2D eigenvalue weighted by atomic mass is 10.2. The predicted octanol–water partition coefficient (Wildman–Crippen LogP) is 6.53. The van der Waals surface area contributed by atoms with Crippen molar-refractivity contribution in [1.82, 2.24) is 19.7 Å². The molecule has 0 spiro atoms. The van der Waals surface area contributed by atoms with Gasteiger partial charge in [-0.3, -0.25) is 4.79 Å². The normalized spacial score (nSPS) is 11.9. The Balaban J connectivity index is 1.34. The third-order valence-electron chi connectivity index (χ3n) is 4.85. The predicted molar refractivity (Wildman–Crippen MR) is 141 cm³/mol. The zero-order valence-electron chi connectivity index (χ0n) is 18.6. The van der Waals surface area contributed by atoms with E-state index in [0.717, 1.165) is 21.3 Å². The van der Waals surface area contributed by atoms with E-state index >= 15 is 0 Å². The van der Waals surface area contributed by atoms with Crippen molar-refractivity contribution < 1.29 is 9.53 Å². The van der Waals surface area contributed by atoms with Gasteiger partial charge in [-0.15, -0.1) is 21.5 Å². The van der Waals surface area contributed by atoms with Gasteiger partial charge in [-0.2, -0.15) is 0 Å². The second-order valence-corrected chi connectivity index (χ2v) is 10.6. The number of hydrogen-bond donors (Lipinski definition) is 1. The number of thioether (sulfide) groups is 1. The minimum atomic E-state index is -0.368. The highest BCUT2D eigenvalue weighted by molar-refractivity contribution is 9.10. The molecule has 176 valence electrons. The number of carbonyl (C=O) groups is 1. The first-order chi connectivity index (χ1) is 16.3. The molecule has 0 saturated carbocycles. The summed E-state index contributed by atoms with van der Waals surface area (Å²) in [5.41, 5.74) is 2.86. The highest BCUT2D eigenvalue weighted by atomic mass is 79.9. The van der Waals surface area contributed by atoms with Crippen LogP contribution in [-0.2, 0) is 11.8 Å². The maximum absolute atomic E-state index is 12.5. The lowest BCUT2D eigenvalue weighted by molar-refractivity contribution is -0.113. The van der Waals surface area contributed by atoms with E-state index in [2.05, 4.69) is 36.4 Å². The number of amides is 1. The Morgan fingerprint density at radius 2 is 2.03 bits per heavy atom. The summed E-state index contributed by atoms with van der Waals surface area (Å²) in [4.78, 5) is 17.0. The summed E-state index contributed by atoms with van der Waals surface area (Å²) in [7, 11) is 1.85. The van der Waals surface area contributed by atoms with E-state index in [1.165, 1.54) is 23.1 Å². The number of rotatable bonds is 8. The number of anilines is 1. The smallest absolute Gasteiger partial charge is 0.236 e. The number of ether oxygens (including phenoxy) is 1. The lowest BCUT2D eigenvalue weighted by Gasteiger charge is -2.15. The molecule has 4 aromatic rings. The molecule has 1 amide bonds. The monoisotopic (exact) mass is 577 g/mol. The Hall–Kier alpha value is -2.40. The van der Waals surface area contributed by atoms with Gasteiger partial charge in [0, 0.05) is 22.5 Å². The SMILES string of the molecule is Cc1ccc(Cl)c(OC(C)c2nnc(SCC(=O)Nc3nc(-c4ccc(Br)cc4)cs3)n2C)c1. The minimum Gasteiger partial charge on any atom is -0.481 e. The number of aryl methyl sites for hydroxylation is 1. The summed E-state index contributed by atoms with van der Waals surface area (Å²) >= 11 is 12.4. The van der Waals surface area contributed by atoms with Crippen molar-refractivity contribution in [2.75, 3.05) is 11.1 Å². The van der Waals surface area contributed by atoms with Gasteiger partial charge in [0.15, 0.2) is 22.2 Å². The van der Waals surface area contributed by atoms with E-state index in [-0.39, 0.29) is 17.8 Å². The number of aromatic nitrogens is 4. The van der Waals surface area contributed by atoms with E-state index in [1.54, 1.807) is 6.07 Å². The number of halogens is 2. The molecule has 11 heteroatoms. The maximum Gasteiger partial charge on any atom is 0.236 e. The standard InChI is InChI=1S/C23H21BrClN5O2S2/c1-13-4-9-17(25)19(10-13)32-14(2)21-28-29-23(30(21)3)34-12-20(31)27-22-26-18(11-33-22)15-5-7-16(24)8-6-15/h4-11,14H,12H2,1-3H3,(H,26,27,31). The second-order valence-electron chi connectivity index (χ2n) is 7.48. The Morgan fingerprint density at radius 3 is 2.79 bits per heavy atom. The molecule has 34 heavy (non-hydrogen) atoms. The fraction of sp³-hybridized carbons (Fsp3) is 0.217. The fourth-order valence-corrected chi connectivity index (χ4v) is 5.00. The number of hydrogen-bond acceptors (Lipinski definition) is 7. The fourth-order valence-electron chi connectivity index (χ4n) is 3.12. The molecule has 0 aliphatic carbocycles. The highest BCUT2D eigenvalue weighted by Gasteiger charge is 2.19. The van der Waals surface area contributed by atoms with Crippen LogP contribution in [0.25, 0.3) is 11.3 Å². The summed E-state index contributed by atoms with van der Waals surface area (Å²) < 4.78 is 8.83. The molecular formula is C23H21BrClN5O2S2. The molecule has 1 N–H and O–H groups in total. The van der Waals surface area contributed by atoms with Gasteiger partial charge in [-0.25, -0.2) is 4.98 Å². The van der Waals surface area contributed by atoms with E-state index in [4.69, 9.17) is 16.3 Å². The van der Waals surface area contributed by atoms with Crippen molar-refractivity contribution in [1.29, 1.82) is 0 Å². The molecule has 0 radical (unpaired) electrons. The van der Waals surface area contributed by atoms with Gasteiger partial charge in [0.05, 0.1) is 16.5 Å². The van der Waals surface area contributed by atoms with Crippen LogP contribution in [0.2, 0.25) is 5.02 Å². The van der Waals surface area contributed by atoms with Crippen LogP contribution in [0.4, 0.5) is 5.13 Å². The number of carbonyl (C=O) groups excluding carboxylic acids is 1. The van der Waals surface area contributed by atoms with Gasteiger partial charge >= 0.3 is 0 Å². The Labute approximate surface area is 219 Å². The van der Waals surface area contributed by atoms with Gasteiger partial charge in [0.1, 0.15) is 5.75 Å². The Bertz CT molecular complexity index is 1310. The average molecular weight is 579 g/mol. The summed E-state index contributed by atoms with van der Waals surface area (Å²) in [6.45, 7) is 3.86. The Morgan fingerprint density at radius 1 is 1.26 bits per heavy atom. The number of thiazole rings is 1. The molecule has 0 bridgehead atoms. The largest absolute Gasteiger partial charge is 0.481 e. The van der Waals surface area contributed by atoms with Crippen LogP contribution in [0.3, 0.4) is 0 Å². The first kappa shape index (κ1) is 24.7. The molecule has 0 fully saturated rings. The van der Waals surface area contributed by atoms with Gasteiger partial charge < -0.3 is 14.6 Å². The lowest BCUT2D eigenvalue weighted by Crippen LogP contribution is -2.14. The molecule has 2 aromatic heterocycles. The first-order valence-electron chi connectivity index (χ1n) is 10.3. The zero-order valence-corrected chi connectivity index (χ0v) is 22.6. The minimum absolute atomic E-state index is 0.165. The molecule has 0 saturated heterocycles. The van der Waals surface area contributed by atoms with Crippen LogP contribution in [0, 0.1) is 6.92 Å². The number of benzene rings is 2. The molecule has 1 unspecified atom stereocenters. The van der Waals surface area contributed by atoms with Crippen molar-refractivity contribution in [2.45, 2.75) is 25.1 Å². The van der Waals surface area contributed by atoms with E-state index in [1.807, 2.05) is 67.2 Å². The van der Waals surface area contributed by atoms with Crippen molar-refractivity contribution in [2.24, 2.45) is 7.05 Å².